The molecule has 1 aliphatic heterocycles. The summed E-state index contributed by atoms with van der Waals surface area (Å²) in [5.41, 5.74) is 2.89. The number of hydrogen-bond acceptors (Lipinski definition) is 6. The Morgan fingerprint density at radius 3 is 2.62 bits per heavy atom. The van der Waals surface area contributed by atoms with E-state index >= 15 is 0 Å². The zero-order valence-electron chi connectivity index (χ0n) is 21.6. The lowest BCUT2D eigenvalue weighted by atomic mass is 9.95. The number of methoxy groups -OCH3 is 1. The average molecular weight is 627 g/mol. The second-order valence-corrected chi connectivity index (χ2v) is 11.6. The molecule has 7 nitrogen and oxygen atoms in total. The number of halogens is 2. The van der Waals surface area contributed by atoms with Crippen LogP contribution in [0.25, 0.3) is 11.8 Å². The second-order valence-electron chi connectivity index (χ2n) is 9.20. The van der Waals surface area contributed by atoms with Crippen molar-refractivity contribution in [1.82, 2.24) is 9.13 Å². The maximum Gasteiger partial charge on any atom is 0.338 e. The van der Waals surface area contributed by atoms with Crippen molar-refractivity contribution < 1.29 is 14.3 Å². The van der Waals surface area contributed by atoms with E-state index in [2.05, 4.69) is 20.9 Å². The van der Waals surface area contributed by atoms with Gasteiger partial charge in [0.1, 0.15) is 11.8 Å². The lowest BCUT2D eigenvalue weighted by molar-refractivity contribution is -0.143. The van der Waals surface area contributed by atoms with Crippen LogP contribution in [0.3, 0.4) is 0 Å². The van der Waals surface area contributed by atoms with Gasteiger partial charge in [0.15, 0.2) is 4.80 Å². The fraction of sp³-hybridized carbons (Fsp3) is 0.207. The van der Waals surface area contributed by atoms with Crippen molar-refractivity contribution in [2.45, 2.75) is 32.9 Å². The number of benzene rings is 2. The van der Waals surface area contributed by atoms with Crippen LogP contribution in [0.4, 0.5) is 0 Å². The van der Waals surface area contributed by atoms with Crippen LogP contribution in [-0.2, 0) is 9.53 Å². The summed E-state index contributed by atoms with van der Waals surface area (Å²) in [5, 5.41) is 0.644. The minimum Gasteiger partial charge on any atom is -0.496 e. The maximum atomic E-state index is 14.0. The molecule has 4 aromatic rings. The third-order valence-electron chi connectivity index (χ3n) is 6.23. The quantitative estimate of drug-likeness (QED) is 0.269. The minimum absolute atomic E-state index is 0.267. The summed E-state index contributed by atoms with van der Waals surface area (Å²) in [6.07, 6.45) is 3.41. The van der Waals surface area contributed by atoms with E-state index in [9.17, 15) is 9.59 Å². The van der Waals surface area contributed by atoms with Gasteiger partial charge in [0.25, 0.3) is 5.56 Å². The molecule has 0 N–H and O–H groups in total. The van der Waals surface area contributed by atoms with Crippen LogP contribution in [0, 0.1) is 0 Å². The van der Waals surface area contributed by atoms with E-state index < -0.39 is 12.0 Å². The first-order valence-electron chi connectivity index (χ1n) is 12.2. The maximum absolute atomic E-state index is 14.0. The van der Waals surface area contributed by atoms with E-state index in [1.807, 2.05) is 65.4 Å². The van der Waals surface area contributed by atoms with Crippen LogP contribution in [-0.4, -0.2) is 28.3 Å². The van der Waals surface area contributed by atoms with Crippen LogP contribution >= 0.6 is 38.9 Å². The molecule has 3 heterocycles. The van der Waals surface area contributed by atoms with Crippen molar-refractivity contribution in [3.05, 3.63) is 113 Å². The third-order valence-corrected chi connectivity index (χ3v) is 7.96. The van der Waals surface area contributed by atoms with E-state index in [1.54, 1.807) is 38.5 Å². The summed E-state index contributed by atoms with van der Waals surface area (Å²) in [7, 11) is 1.56. The fourth-order valence-electron chi connectivity index (χ4n) is 4.56. The summed E-state index contributed by atoms with van der Waals surface area (Å²) in [4.78, 5) is 32.6. The van der Waals surface area contributed by atoms with Crippen LogP contribution in [0.1, 0.15) is 38.1 Å². The Balaban J connectivity index is 1.73. The predicted octanol–water partition coefficient (Wildman–Crippen LogP) is 5.40. The van der Waals surface area contributed by atoms with Crippen molar-refractivity contribution in [2.75, 3.05) is 7.11 Å². The molecule has 0 fully saturated rings. The van der Waals surface area contributed by atoms with Crippen LogP contribution in [0.5, 0.6) is 5.75 Å². The number of carbonyl (C=O) groups is 1. The molecule has 2 aromatic carbocycles. The summed E-state index contributed by atoms with van der Waals surface area (Å²) >= 11 is 10.9. The summed E-state index contributed by atoms with van der Waals surface area (Å²) in [5.74, 6) is 0.0168. The van der Waals surface area contributed by atoms with Crippen LogP contribution in [0.2, 0.25) is 5.02 Å². The van der Waals surface area contributed by atoms with E-state index in [0.29, 0.717) is 36.9 Å². The lowest BCUT2D eigenvalue weighted by Gasteiger charge is -2.26. The highest BCUT2D eigenvalue weighted by Gasteiger charge is 2.35. The number of rotatable bonds is 6. The minimum atomic E-state index is -0.787. The highest BCUT2D eigenvalue weighted by atomic mass is 79.9. The lowest BCUT2D eigenvalue weighted by Crippen LogP contribution is -2.40. The van der Waals surface area contributed by atoms with Crippen molar-refractivity contribution in [3.63, 3.8) is 0 Å². The van der Waals surface area contributed by atoms with Gasteiger partial charge in [-0.3, -0.25) is 9.36 Å². The first-order chi connectivity index (χ1) is 18.7. The number of carbonyl (C=O) groups excluding carboxylic acids is 1. The predicted molar refractivity (Wildman–Crippen MR) is 156 cm³/mol. The van der Waals surface area contributed by atoms with Crippen molar-refractivity contribution in [3.8, 4) is 11.4 Å². The molecule has 1 atom stereocenters. The highest BCUT2D eigenvalue weighted by Crippen LogP contribution is 2.37. The fourth-order valence-corrected chi connectivity index (χ4v) is 6.09. The zero-order valence-corrected chi connectivity index (χ0v) is 24.8. The number of fused-ring (bicyclic) bond motifs is 1. The highest BCUT2D eigenvalue weighted by molar-refractivity contribution is 9.10. The Morgan fingerprint density at radius 1 is 1.18 bits per heavy atom. The Kier molecular flexibility index (Phi) is 7.66. The van der Waals surface area contributed by atoms with E-state index in [4.69, 9.17) is 21.1 Å². The van der Waals surface area contributed by atoms with Gasteiger partial charge in [0, 0.05) is 32.6 Å². The van der Waals surface area contributed by atoms with Crippen LogP contribution in [0.15, 0.2) is 86.3 Å². The Hall–Kier alpha value is -3.40. The molecule has 200 valence electrons. The SMILES string of the molecule is COc1ccc(Br)cc1[C@H]1C(C(=O)OC(C)C)=C(C)N=c2s/c(=C\c3cccn3-c3ccc(Cl)cc3)c(=O)n21. The molecular weight excluding hydrogens is 602 g/mol. The zero-order chi connectivity index (χ0) is 27.8. The largest absolute Gasteiger partial charge is 0.496 e. The molecule has 1 aliphatic rings. The molecule has 0 amide bonds. The molecule has 0 radical (unpaired) electrons. The van der Waals surface area contributed by atoms with E-state index in [0.717, 1.165) is 15.9 Å². The number of aromatic nitrogens is 2. The molecule has 10 heteroatoms. The molecular formula is C29H25BrClN3O4S. The molecule has 0 saturated heterocycles. The average Bonchev–Trinajstić information content (AvgIpc) is 3.47. The van der Waals surface area contributed by atoms with E-state index in [-0.39, 0.29) is 11.7 Å². The Morgan fingerprint density at radius 2 is 1.92 bits per heavy atom. The normalized spacial score (nSPS) is 15.4. The van der Waals surface area contributed by atoms with Gasteiger partial charge in [0.05, 0.1) is 29.0 Å². The van der Waals surface area contributed by atoms with Gasteiger partial charge in [-0.1, -0.05) is 38.9 Å². The van der Waals surface area contributed by atoms with Gasteiger partial charge in [-0.2, -0.15) is 0 Å². The number of ether oxygens (including phenoxy) is 2. The number of esters is 1. The molecule has 2 aromatic heterocycles. The topological polar surface area (TPSA) is 74.8 Å². The van der Waals surface area contributed by atoms with Gasteiger partial charge in [-0.25, -0.2) is 9.79 Å². The van der Waals surface area contributed by atoms with Gasteiger partial charge in [0.2, 0.25) is 0 Å². The van der Waals surface area contributed by atoms with Gasteiger partial charge in [-0.05, 0) is 81.4 Å². The number of allylic oxidation sites excluding steroid dienone is 1. The van der Waals surface area contributed by atoms with E-state index in [1.165, 1.54) is 11.3 Å². The van der Waals surface area contributed by atoms with Gasteiger partial charge < -0.3 is 14.0 Å². The van der Waals surface area contributed by atoms with Crippen molar-refractivity contribution >= 4 is 50.9 Å². The number of hydrogen-bond donors (Lipinski definition) is 0. The first kappa shape index (κ1) is 27.2. The monoisotopic (exact) mass is 625 g/mol. The van der Waals surface area contributed by atoms with Crippen molar-refractivity contribution in [1.29, 1.82) is 0 Å². The summed E-state index contributed by atoms with van der Waals surface area (Å²) in [6, 6.07) is 16.0. The number of thiazole rings is 1. The molecule has 0 saturated carbocycles. The molecule has 0 bridgehead atoms. The first-order valence-corrected chi connectivity index (χ1v) is 14.2. The van der Waals surface area contributed by atoms with Crippen LogP contribution < -0.4 is 19.6 Å². The third kappa shape index (κ3) is 5.26. The Bertz CT molecular complexity index is 1780. The molecule has 0 spiro atoms. The van der Waals surface area contributed by atoms with Crippen molar-refractivity contribution in [2.24, 2.45) is 4.99 Å². The van der Waals surface area contributed by atoms with Gasteiger partial charge >= 0.3 is 5.97 Å². The number of nitrogens with zero attached hydrogens (tertiary/aromatic N) is 3. The molecule has 0 unspecified atom stereocenters. The molecule has 39 heavy (non-hydrogen) atoms. The van der Waals surface area contributed by atoms with Gasteiger partial charge in [-0.15, -0.1) is 0 Å². The Labute approximate surface area is 242 Å². The standard InChI is InChI=1S/C29H25BrClN3O4S/c1-16(2)38-28(36)25-17(3)32-29-34(26(25)22-14-18(30)7-12-23(22)37-4)27(35)24(39-29)15-21-6-5-13-33(21)20-10-8-19(31)9-11-20/h5-16,26H,1-4H3/b24-15-/t26-/m0/s1. The summed E-state index contributed by atoms with van der Waals surface area (Å²) < 4.78 is 16.0. The second kappa shape index (κ2) is 11.0. The molecule has 0 aliphatic carbocycles. The molecule has 5 rings (SSSR count). The smallest absolute Gasteiger partial charge is 0.338 e. The summed E-state index contributed by atoms with van der Waals surface area (Å²) in [6.45, 7) is 5.33.